The van der Waals surface area contributed by atoms with Gasteiger partial charge in [-0.1, -0.05) is 23.7 Å². The van der Waals surface area contributed by atoms with E-state index in [1.54, 1.807) is 0 Å². The minimum absolute atomic E-state index is 0.0495. The second-order valence-corrected chi connectivity index (χ2v) is 3.52. The van der Waals surface area contributed by atoms with Crippen molar-refractivity contribution in [1.29, 1.82) is 0 Å². The summed E-state index contributed by atoms with van der Waals surface area (Å²) in [6.07, 6.45) is 1.95. The van der Waals surface area contributed by atoms with Crippen LogP contribution in [0.5, 0.6) is 0 Å². The fourth-order valence-electron chi connectivity index (χ4n) is 0.875. The number of benzene rings is 1. The maximum Gasteiger partial charge on any atom is 0.0408 e. The van der Waals surface area contributed by atoms with Gasteiger partial charge in [-0.3, -0.25) is 0 Å². The Hall–Kier alpha value is -0.200. The van der Waals surface area contributed by atoms with Gasteiger partial charge in [0.15, 0.2) is 0 Å². The fraction of sp³-hybridized carbons (Fsp3) is 0.222. The molecule has 0 saturated heterocycles. The van der Waals surface area contributed by atoms with Crippen LogP contribution in [0.15, 0.2) is 24.3 Å². The highest BCUT2D eigenvalue weighted by molar-refractivity contribution is 6.30. The van der Waals surface area contributed by atoms with Gasteiger partial charge >= 0.3 is 0 Å². The lowest BCUT2D eigenvalue weighted by molar-refractivity contribution is 1.13. The van der Waals surface area contributed by atoms with Gasteiger partial charge in [0.25, 0.3) is 0 Å². The third kappa shape index (κ3) is 3.13. The van der Waals surface area contributed by atoms with E-state index in [1.807, 2.05) is 37.6 Å². The molecule has 0 heterocycles. The first-order valence-corrected chi connectivity index (χ1v) is 4.24. The fourth-order valence-corrected chi connectivity index (χ4v) is 1.22. The summed E-state index contributed by atoms with van der Waals surface area (Å²) in [5.74, 6) is 0. The minimum Gasteiger partial charge on any atom is -0.123 e. The van der Waals surface area contributed by atoms with Gasteiger partial charge < -0.3 is 0 Å². The van der Waals surface area contributed by atoms with Crippen LogP contribution in [0.2, 0.25) is 5.02 Å². The third-order valence-electron chi connectivity index (χ3n) is 1.27. The first kappa shape index (κ1) is 8.89. The zero-order chi connectivity index (χ0) is 8.27. The lowest BCUT2D eigenvalue weighted by Crippen LogP contribution is -1.92. The average Bonchev–Trinajstić information content (AvgIpc) is 1.85. The number of hydrogen-bond acceptors (Lipinski definition) is 0. The Morgan fingerprint density at radius 1 is 1.45 bits per heavy atom. The number of hydrogen-bond donors (Lipinski definition) is 0. The molecule has 59 valence electrons. The van der Waals surface area contributed by atoms with E-state index in [-0.39, 0.29) is 5.38 Å². The molecule has 1 atom stereocenters. The van der Waals surface area contributed by atoms with Gasteiger partial charge in [-0.05, 0) is 24.6 Å². The van der Waals surface area contributed by atoms with Gasteiger partial charge in [-0.25, -0.2) is 0 Å². The molecule has 0 aliphatic heterocycles. The summed E-state index contributed by atoms with van der Waals surface area (Å²) in [7, 11) is 0. The molecule has 11 heavy (non-hydrogen) atoms. The molecule has 0 aromatic heterocycles. The highest BCUT2D eigenvalue weighted by atomic mass is 35.5. The monoisotopic (exact) mass is 187 g/mol. The van der Waals surface area contributed by atoms with E-state index < -0.39 is 0 Å². The molecular formula is C9H9Cl2. The van der Waals surface area contributed by atoms with Gasteiger partial charge in [0.05, 0.1) is 0 Å². The summed E-state index contributed by atoms with van der Waals surface area (Å²) in [5, 5.41) is 0.796. The molecule has 1 unspecified atom stereocenters. The maximum absolute atomic E-state index is 5.77. The Labute approximate surface area is 77.1 Å². The Morgan fingerprint density at radius 3 is 2.73 bits per heavy atom. The van der Waals surface area contributed by atoms with Crippen molar-refractivity contribution in [2.24, 2.45) is 0 Å². The Kier molecular flexibility index (Phi) is 3.22. The van der Waals surface area contributed by atoms with Gasteiger partial charge in [-0.15, -0.1) is 11.6 Å². The summed E-state index contributed by atoms with van der Waals surface area (Å²) in [6.45, 7) is 1.92. The highest BCUT2D eigenvalue weighted by Crippen LogP contribution is 2.15. The molecule has 0 fully saturated rings. The van der Waals surface area contributed by atoms with Crippen molar-refractivity contribution in [3.8, 4) is 0 Å². The van der Waals surface area contributed by atoms with Crippen molar-refractivity contribution in [2.45, 2.75) is 12.3 Å². The topological polar surface area (TPSA) is 0 Å². The van der Waals surface area contributed by atoms with Crippen molar-refractivity contribution in [2.75, 3.05) is 0 Å². The second-order valence-electron chi connectivity index (χ2n) is 2.40. The lowest BCUT2D eigenvalue weighted by Gasteiger charge is -2.01. The molecular weight excluding hydrogens is 179 g/mol. The van der Waals surface area contributed by atoms with Gasteiger partial charge in [0.1, 0.15) is 0 Å². The highest BCUT2D eigenvalue weighted by Gasteiger charge is 1.99. The Bertz CT molecular complexity index is 231. The first-order valence-electron chi connectivity index (χ1n) is 3.43. The third-order valence-corrected chi connectivity index (χ3v) is 1.63. The minimum atomic E-state index is 0.0495. The molecule has 0 aliphatic carbocycles. The standard InChI is InChI=1S/C9H9Cl2/c1-7(10)5-8-3-2-4-9(11)6-8/h2-7H,1H3. The van der Waals surface area contributed by atoms with Crippen molar-refractivity contribution in [1.82, 2.24) is 0 Å². The van der Waals surface area contributed by atoms with Gasteiger partial charge in [-0.2, -0.15) is 0 Å². The maximum atomic E-state index is 5.77. The van der Waals surface area contributed by atoms with Crippen LogP contribution in [0, 0.1) is 6.42 Å². The molecule has 0 N–H and O–H groups in total. The average molecular weight is 188 g/mol. The van der Waals surface area contributed by atoms with Gasteiger partial charge in [0.2, 0.25) is 0 Å². The van der Waals surface area contributed by atoms with Crippen LogP contribution >= 0.6 is 23.2 Å². The SMILES string of the molecule is CC(Cl)[CH]c1cccc(Cl)c1. The van der Waals surface area contributed by atoms with E-state index in [1.165, 1.54) is 0 Å². The Morgan fingerprint density at radius 2 is 2.18 bits per heavy atom. The summed E-state index contributed by atoms with van der Waals surface area (Å²) in [6, 6.07) is 7.62. The quantitative estimate of drug-likeness (QED) is 0.623. The molecule has 0 amide bonds. The smallest absolute Gasteiger partial charge is 0.0408 e. The Balaban J connectivity index is 2.71. The van der Waals surface area contributed by atoms with E-state index in [2.05, 4.69) is 0 Å². The van der Waals surface area contributed by atoms with Crippen LogP contribution < -0.4 is 0 Å². The van der Waals surface area contributed by atoms with Crippen LogP contribution in [-0.2, 0) is 0 Å². The molecule has 2 heteroatoms. The van der Waals surface area contributed by atoms with Crippen LogP contribution in [0.1, 0.15) is 12.5 Å². The van der Waals surface area contributed by atoms with Crippen molar-refractivity contribution in [3.05, 3.63) is 41.3 Å². The summed E-state index contributed by atoms with van der Waals surface area (Å²) in [5.41, 5.74) is 1.07. The van der Waals surface area contributed by atoms with Crippen LogP contribution in [-0.4, -0.2) is 5.38 Å². The van der Waals surface area contributed by atoms with Crippen molar-refractivity contribution >= 4 is 23.2 Å². The molecule has 1 rings (SSSR count). The number of alkyl halides is 1. The lowest BCUT2D eigenvalue weighted by atomic mass is 10.1. The van der Waals surface area contributed by atoms with Crippen molar-refractivity contribution in [3.63, 3.8) is 0 Å². The predicted molar refractivity (Wildman–Crippen MR) is 50.2 cm³/mol. The largest absolute Gasteiger partial charge is 0.123 e. The summed E-state index contributed by atoms with van der Waals surface area (Å²) >= 11 is 11.5. The van der Waals surface area contributed by atoms with Crippen LogP contribution in [0.4, 0.5) is 0 Å². The zero-order valence-electron chi connectivity index (χ0n) is 6.22. The molecule has 1 aromatic rings. The molecule has 0 nitrogen and oxygen atoms in total. The normalized spacial score (nSPS) is 13.0. The van der Waals surface area contributed by atoms with E-state index in [9.17, 15) is 0 Å². The molecule has 1 radical (unpaired) electrons. The zero-order valence-corrected chi connectivity index (χ0v) is 7.73. The number of halogens is 2. The molecule has 0 spiro atoms. The predicted octanol–water partition coefficient (Wildman–Crippen LogP) is 3.52. The van der Waals surface area contributed by atoms with Crippen LogP contribution in [0.3, 0.4) is 0 Å². The van der Waals surface area contributed by atoms with E-state index in [4.69, 9.17) is 23.2 Å². The van der Waals surface area contributed by atoms with E-state index >= 15 is 0 Å². The number of rotatable bonds is 2. The molecule has 0 bridgehead atoms. The van der Waals surface area contributed by atoms with Crippen molar-refractivity contribution < 1.29 is 0 Å². The van der Waals surface area contributed by atoms with Crippen LogP contribution in [0.25, 0.3) is 0 Å². The summed E-state index contributed by atoms with van der Waals surface area (Å²) in [4.78, 5) is 0. The molecule has 0 saturated carbocycles. The molecule has 1 aromatic carbocycles. The van der Waals surface area contributed by atoms with Gasteiger partial charge in [0, 0.05) is 16.8 Å². The van der Waals surface area contributed by atoms with E-state index in [0.717, 1.165) is 10.6 Å². The summed E-state index contributed by atoms with van der Waals surface area (Å²) < 4.78 is 0. The van der Waals surface area contributed by atoms with E-state index in [0.29, 0.717) is 0 Å². The first-order chi connectivity index (χ1) is 5.18. The molecule has 0 aliphatic rings. The second kappa shape index (κ2) is 3.99.